The number of nitrogens with two attached hydrogens (primary N) is 1. The minimum atomic E-state index is -5.36. The average molecular weight is 195 g/mol. The second kappa shape index (κ2) is 2.79. The molecule has 0 heterocycles. The van der Waals surface area contributed by atoms with Crippen molar-refractivity contribution < 1.29 is 26.3 Å². The molecule has 0 unspecified atom stereocenters. The third-order valence-corrected chi connectivity index (χ3v) is 1.66. The van der Waals surface area contributed by atoms with E-state index in [1.54, 1.807) is 0 Å². The van der Waals surface area contributed by atoms with Gasteiger partial charge in [0.2, 0.25) is 0 Å². The molecule has 0 aliphatic rings. The smallest absolute Gasteiger partial charge is 0.329 e. The van der Waals surface area contributed by atoms with Crippen molar-refractivity contribution in [2.24, 2.45) is 11.1 Å². The number of halogens is 6. The lowest BCUT2D eigenvalue weighted by Gasteiger charge is -2.32. The second-order valence-electron chi connectivity index (χ2n) is 2.53. The molecule has 0 aliphatic heterocycles. The molecular formula is C5H7F6N. The number of rotatable bonds is 1. The van der Waals surface area contributed by atoms with Gasteiger partial charge in [-0.05, 0) is 6.92 Å². The lowest BCUT2D eigenvalue weighted by Crippen LogP contribution is -2.52. The summed E-state index contributed by atoms with van der Waals surface area (Å²) in [6.07, 6.45) is -10.7. The SMILES string of the molecule is CC(CN)(C(F)(F)F)C(F)(F)F. The van der Waals surface area contributed by atoms with Crippen LogP contribution in [0.2, 0.25) is 0 Å². The van der Waals surface area contributed by atoms with Gasteiger partial charge in [-0.25, -0.2) is 0 Å². The maximum absolute atomic E-state index is 11.8. The van der Waals surface area contributed by atoms with Crippen LogP contribution in [-0.4, -0.2) is 18.9 Å². The monoisotopic (exact) mass is 195 g/mol. The zero-order valence-electron chi connectivity index (χ0n) is 6.05. The van der Waals surface area contributed by atoms with Crippen molar-refractivity contribution in [3.05, 3.63) is 0 Å². The molecule has 0 saturated carbocycles. The van der Waals surface area contributed by atoms with E-state index in [-0.39, 0.29) is 6.92 Å². The molecule has 74 valence electrons. The first-order valence-corrected chi connectivity index (χ1v) is 2.90. The minimum Gasteiger partial charge on any atom is -0.329 e. The summed E-state index contributed by atoms with van der Waals surface area (Å²) in [5, 5.41) is 0. The molecule has 0 amide bonds. The second-order valence-corrected chi connectivity index (χ2v) is 2.53. The fourth-order valence-electron chi connectivity index (χ4n) is 0.392. The van der Waals surface area contributed by atoms with E-state index in [0.717, 1.165) is 0 Å². The Bertz CT molecular complexity index is 142. The van der Waals surface area contributed by atoms with Crippen LogP contribution in [0.15, 0.2) is 0 Å². The highest BCUT2D eigenvalue weighted by Gasteiger charge is 2.66. The van der Waals surface area contributed by atoms with Gasteiger partial charge >= 0.3 is 12.4 Å². The molecule has 0 aliphatic carbocycles. The third-order valence-electron chi connectivity index (χ3n) is 1.66. The zero-order chi connectivity index (χ0) is 10.2. The van der Waals surface area contributed by atoms with E-state index in [0.29, 0.717) is 0 Å². The Morgan fingerprint density at radius 2 is 1.17 bits per heavy atom. The molecule has 0 spiro atoms. The Kier molecular flexibility index (Phi) is 2.68. The first-order chi connectivity index (χ1) is 5.06. The van der Waals surface area contributed by atoms with E-state index in [4.69, 9.17) is 0 Å². The molecule has 0 aromatic rings. The summed E-state index contributed by atoms with van der Waals surface area (Å²) in [6, 6.07) is 0. The molecule has 0 bridgehead atoms. The Morgan fingerprint density at radius 3 is 1.17 bits per heavy atom. The van der Waals surface area contributed by atoms with Gasteiger partial charge in [-0.1, -0.05) is 0 Å². The van der Waals surface area contributed by atoms with E-state index in [9.17, 15) is 26.3 Å². The average Bonchev–Trinajstić information content (AvgIpc) is 1.81. The van der Waals surface area contributed by atoms with Crippen LogP contribution in [0.1, 0.15) is 6.92 Å². The highest BCUT2D eigenvalue weighted by Crippen LogP contribution is 2.48. The normalized spacial score (nSPS) is 15.0. The van der Waals surface area contributed by atoms with E-state index in [1.807, 2.05) is 0 Å². The fourth-order valence-corrected chi connectivity index (χ4v) is 0.392. The Balaban J connectivity index is 4.95. The quantitative estimate of drug-likeness (QED) is 0.637. The zero-order valence-corrected chi connectivity index (χ0v) is 6.05. The van der Waals surface area contributed by atoms with Gasteiger partial charge in [-0.15, -0.1) is 0 Å². The third kappa shape index (κ3) is 1.65. The van der Waals surface area contributed by atoms with Gasteiger partial charge in [0.1, 0.15) is 0 Å². The van der Waals surface area contributed by atoms with Gasteiger partial charge < -0.3 is 5.73 Å². The lowest BCUT2D eigenvalue weighted by molar-refractivity contribution is -0.330. The van der Waals surface area contributed by atoms with Crippen molar-refractivity contribution >= 4 is 0 Å². The fraction of sp³-hybridized carbons (Fsp3) is 1.00. The molecule has 7 heteroatoms. The molecule has 0 atom stereocenters. The highest BCUT2D eigenvalue weighted by molar-refractivity contribution is 4.89. The summed E-state index contributed by atoms with van der Waals surface area (Å²) in [7, 11) is 0. The molecule has 0 aromatic heterocycles. The van der Waals surface area contributed by atoms with E-state index in [2.05, 4.69) is 5.73 Å². The van der Waals surface area contributed by atoms with Crippen molar-refractivity contribution in [2.45, 2.75) is 19.3 Å². The topological polar surface area (TPSA) is 26.0 Å². The molecule has 0 fully saturated rings. The van der Waals surface area contributed by atoms with E-state index in [1.165, 1.54) is 0 Å². The van der Waals surface area contributed by atoms with Gasteiger partial charge in [0.05, 0.1) is 0 Å². The van der Waals surface area contributed by atoms with Crippen LogP contribution < -0.4 is 5.73 Å². The van der Waals surface area contributed by atoms with Crippen molar-refractivity contribution in [3.63, 3.8) is 0 Å². The summed E-state index contributed by atoms with van der Waals surface area (Å²) in [4.78, 5) is 0. The lowest BCUT2D eigenvalue weighted by atomic mass is 9.89. The van der Waals surface area contributed by atoms with E-state index < -0.39 is 24.3 Å². The van der Waals surface area contributed by atoms with Crippen molar-refractivity contribution in [1.82, 2.24) is 0 Å². The first-order valence-electron chi connectivity index (χ1n) is 2.90. The van der Waals surface area contributed by atoms with Crippen LogP contribution >= 0.6 is 0 Å². The summed E-state index contributed by atoms with van der Waals surface area (Å²) < 4.78 is 70.8. The minimum absolute atomic E-state index is 0.0347. The van der Waals surface area contributed by atoms with Gasteiger partial charge in [0, 0.05) is 6.54 Å². The summed E-state index contributed by atoms with van der Waals surface area (Å²) in [6.45, 7) is -1.47. The van der Waals surface area contributed by atoms with Crippen LogP contribution in [0, 0.1) is 5.41 Å². The Hall–Kier alpha value is -0.460. The number of alkyl halides is 6. The summed E-state index contributed by atoms with van der Waals surface area (Å²) in [5.41, 5.74) is 0.634. The van der Waals surface area contributed by atoms with Crippen LogP contribution in [-0.2, 0) is 0 Å². The maximum atomic E-state index is 11.8. The predicted octanol–water partition coefficient (Wildman–Crippen LogP) is 2.08. The summed E-state index contributed by atoms with van der Waals surface area (Å²) >= 11 is 0. The summed E-state index contributed by atoms with van der Waals surface area (Å²) in [5.74, 6) is 0. The van der Waals surface area contributed by atoms with Crippen LogP contribution in [0.25, 0.3) is 0 Å². The van der Waals surface area contributed by atoms with Crippen LogP contribution in [0.4, 0.5) is 26.3 Å². The molecular weight excluding hydrogens is 188 g/mol. The van der Waals surface area contributed by atoms with Crippen LogP contribution in [0.5, 0.6) is 0 Å². The number of hydrogen-bond donors (Lipinski definition) is 1. The van der Waals surface area contributed by atoms with Crippen molar-refractivity contribution in [2.75, 3.05) is 6.54 Å². The molecule has 1 nitrogen and oxygen atoms in total. The molecule has 0 rings (SSSR count). The number of hydrogen-bond acceptors (Lipinski definition) is 1. The molecule has 0 radical (unpaired) electrons. The molecule has 0 saturated heterocycles. The standard InChI is InChI=1S/C5H7F6N/c1-3(2-12,4(6,7)8)5(9,10)11/h2,12H2,1H3. The van der Waals surface area contributed by atoms with Crippen molar-refractivity contribution in [3.8, 4) is 0 Å². The van der Waals surface area contributed by atoms with E-state index >= 15 is 0 Å². The Labute approximate surface area is 64.5 Å². The van der Waals surface area contributed by atoms with Gasteiger partial charge in [0.15, 0.2) is 5.41 Å². The molecule has 2 N–H and O–H groups in total. The maximum Gasteiger partial charge on any atom is 0.404 e. The molecule has 12 heavy (non-hydrogen) atoms. The largest absolute Gasteiger partial charge is 0.404 e. The van der Waals surface area contributed by atoms with Gasteiger partial charge in [-0.2, -0.15) is 26.3 Å². The predicted molar refractivity (Wildman–Crippen MR) is 29.3 cm³/mol. The van der Waals surface area contributed by atoms with Crippen LogP contribution in [0.3, 0.4) is 0 Å². The highest BCUT2D eigenvalue weighted by atomic mass is 19.4. The Morgan fingerprint density at radius 1 is 0.917 bits per heavy atom. The first kappa shape index (κ1) is 11.5. The van der Waals surface area contributed by atoms with Gasteiger partial charge in [-0.3, -0.25) is 0 Å². The van der Waals surface area contributed by atoms with Gasteiger partial charge in [0.25, 0.3) is 0 Å². The molecule has 0 aromatic carbocycles. The van der Waals surface area contributed by atoms with Crippen molar-refractivity contribution in [1.29, 1.82) is 0 Å².